The van der Waals surface area contributed by atoms with Crippen LogP contribution in [0.15, 0.2) is 18.2 Å². The molecule has 2 aliphatic heterocycles. The third kappa shape index (κ3) is 2.00. The van der Waals surface area contributed by atoms with Gasteiger partial charge in [-0.1, -0.05) is 17.4 Å². The summed E-state index contributed by atoms with van der Waals surface area (Å²) in [5.74, 6) is -0.219. The lowest BCUT2D eigenvalue weighted by Gasteiger charge is -2.35. The quantitative estimate of drug-likeness (QED) is 0.921. The summed E-state index contributed by atoms with van der Waals surface area (Å²) in [7, 11) is 2.10. The minimum atomic E-state index is -0.219. The van der Waals surface area contributed by atoms with Crippen molar-refractivity contribution in [2.45, 2.75) is 43.8 Å². The van der Waals surface area contributed by atoms with Crippen LogP contribution in [0.4, 0.5) is 9.52 Å². The number of halogens is 1. The Morgan fingerprint density at radius 2 is 2.05 bits per heavy atom. The smallest absolute Gasteiger partial charge is 0.186 e. The Labute approximate surface area is 121 Å². The van der Waals surface area contributed by atoms with Gasteiger partial charge in [-0.25, -0.2) is 9.37 Å². The maximum Gasteiger partial charge on any atom is 0.186 e. The highest BCUT2D eigenvalue weighted by molar-refractivity contribution is 7.22. The Kier molecular flexibility index (Phi) is 2.93. The van der Waals surface area contributed by atoms with Crippen molar-refractivity contribution in [1.82, 2.24) is 10.3 Å². The zero-order valence-electron chi connectivity index (χ0n) is 11.5. The number of thiazole rings is 1. The van der Waals surface area contributed by atoms with E-state index in [2.05, 4.69) is 22.2 Å². The van der Waals surface area contributed by atoms with Gasteiger partial charge in [-0.15, -0.1) is 0 Å². The van der Waals surface area contributed by atoms with Gasteiger partial charge in [0.1, 0.15) is 11.3 Å². The summed E-state index contributed by atoms with van der Waals surface area (Å²) in [6, 6.07) is 7.03. The van der Waals surface area contributed by atoms with Gasteiger partial charge in [0.25, 0.3) is 0 Å². The molecule has 0 amide bonds. The van der Waals surface area contributed by atoms with Crippen LogP contribution in [0.25, 0.3) is 10.2 Å². The molecule has 2 aromatic rings. The van der Waals surface area contributed by atoms with Gasteiger partial charge in [0.05, 0.1) is 4.70 Å². The Morgan fingerprint density at radius 1 is 1.30 bits per heavy atom. The summed E-state index contributed by atoms with van der Waals surface area (Å²) in [6.45, 7) is 0. The van der Waals surface area contributed by atoms with E-state index in [1.165, 1.54) is 31.7 Å². The number of piperidine rings is 1. The summed E-state index contributed by atoms with van der Waals surface area (Å²) in [5.41, 5.74) is 0.510. The Balaban J connectivity index is 1.63. The van der Waals surface area contributed by atoms with Crippen molar-refractivity contribution < 1.29 is 4.39 Å². The zero-order valence-corrected chi connectivity index (χ0v) is 12.3. The monoisotopic (exact) mass is 291 g/mol. The minimum Gasteiger partial charge on any atom is -0.348 e. The molecule has 2 fully saturated rings. The largest absolute Gasteiger partial charge is 0.348 e. The third-order valence-electron chi connectivity index (χ3n) is 4.66. The molecule has 5 heteroatoms. The summed E-state index contributed by atoms with van der Waals surface area (Å²) in [4.78, 5) is 6.77. The molecule has 0 radical (unpaired) electrons. The Bertz CT molecular complexity index is 629. The zero-order chi connectivity index (χ0) is 13.7. The van der Waals surface area contributed by atoms with Crippen LogP contribution in [-0.2, 0) is 0 Å². The van der Waals surface area contributed by atoms with Crippen LogP contribution in [0.5, 0.6) is 0 Å². The van der Waals surface area contributed by atoms with E-state index in [0.29, 0.717) is 23.6 Å². The lowest BCUT2D eigenvalue weighted by molar-refractivity contribution is 0.354. The first-order chi connectivity index (χ1) is 9.70. The maximum atomic E-state index is 13.8. The molecule has 2 bridgehead atoms. The van der Waals surface area contributed by atoms with E-state index in [4.69, 9.17) is 0 Å². The van der Waals surface area contributed by atoms with E-state index in [1.807, 2.05) is 6.07 Å². The normalized spacial score (nSPS) is 29.0. The summed E-state index contributed by atoms with van der Waals surface area (Å²) in [5, 5.41) is 4.60. The van der Waals surface area contributed by atoms with Crippen LogP contribution in [0, 0.1) is 5.82 Å². The molecule has 3 heterocycles. The van der Waals surface area contributed by atoms with Gasteiger partial charge in [0, 0.05) is 25.2 Å². The van der Waals surface area contributed by atoms with E-state index < -0.39 is 0 Å². The molecular formula is C15H18FN3S. The number of para-hydroxylation sites is 1. The molecule has 20 heavy (non-hydrogen) atoms. The van der Waals surface area contributed by atoms with Gasteiger partial charge in [0.2, 0.25) is 0 Å². The number of fused-ring (bicyclic) bond motifs is 3. The van der Waals surface area contributed by atoms with E-state index in [0.717, 1.165) is 9.83 Å². The second-order valence-corrected chi connectivity index (χ2v) is 6.97. The topological polar surface area (TPSA) is 28.2 Å². The molecule has 3 nitrogen and oxygen atoms in total. The number of anilines is 1. The second-order valence-electron chi connectivity index (χ2n) is 5.96. The van der Waals surface area contributed by atoms with Crippen LogP contribution >= 0.6 is 11.3 Å². The van der Waals surface area contributed by atoms with Gasteiger partial charge < -0.3 is 10.2 Å². The average Bonchev–Trinajstić information content (AvgIpc) is 3.02. The molecule has 2 unspecified atom stereocenters. The summed E-state index contributed by atoms with van der Waals surface area (Å²) < 4.78 is 14.7. The van der Waals surface area contributed by atoms with Crippen molar-refractivity contribution in [3.63, 3.8) is 0 Å². The van der Waals surface area contributed by atoms with Gasteiger partial charge in [-0.3, -0.25) is 0 Å². The molecule has 1 aromatic heterocycles. The van der Waals surface area contributed by atoms with E-state index in [-0.39, 0.29) is 5.82 Å². The molecule has 4 rings (SSSR count). The van der Waals surface area contributed by atoms with Gasteiger partial charge in [-0.2, -0.15) is 0 Å². The molecule has 0 spiro atoms. The van der Waals surface area contributed by atoms with Gasteiger partial charge >= 0.3 is 0 Å². The Hall–Kier alpha value is -1.20. The van der Waals surface area contributed by atoms with E-state index >= 15 is 0 Å². The number of benzene rings is 1. The van der Waals surface area contributed by atoms with Crippen LogP contribution in [0.3, 0.4) is 0 Å². The van der Waals surface area contributed by atoms with Crippen molar-refractivity contribution in [1.29, 1.82) is 0 Å². The maximum absolute atomic E-state index is 13.8. The minimum absolute atomic E-state index is 0.219. The molecule has 2 aliphatic rings. The third-order valence-corrected chi connectivity index (χ3v) is 5.77. The van der Waals surface area contributed by atoms with Crippen molar-refractivity contribution in [2.24, 2.45) is 0 Å². The van der Waals surface area contributed by atoms with Gasteiger partial charge in [0.15, 0.2) is 5.13 Å². The van der Waals surface area contributed by atoms with E-state index in [1.54, 1.807) is 17.4 Å². The summed E-state index contributed by atoms with van der Waals surface area (Å²) >= 11 is 1.59. The standard InChI is InChI=1S/C15H18FN3S/c1-19(11-7-9-5-6-10(8-11)17-9)15-18-14-12(16)3-2-4-13(14)20-15/h2-4,9-11,17H,5-8H2,1H3. The predicted octanol–water partition coefficient (Wildman–Crippen LogP) is 3.15. The number of hydrogen-bond donors (Lipinski definition) is 1. The lowest BCUT2D eigenvalue weighted by Crippen LogP contribution is -2.47. The van der Waals surface area contributed by atoms with E-state index in [9.17, 15) is 4.39 Å². The number of hydrogen-bond acceptors (Lipinski definition) is 4. The fraction of sp³-hybridized carbons (Fsp3) is 0.533. The first-order valence-electron chi connectivity index (χ1n) is 7.24. The van der Waals surface area contributed by atoms with Crippen LogP contribution in [0.2, 0.25) is 0 Å². The lowest BCUT2D eigenvalue weighted by atomic mass is 9.99. The van der Waals surface area contributed by atoms with Gasteiger partial charge in [-0.05, 0) is 37.8 Å². The molecular weight excluding hydrogens is 273 g/mol. The highest BCUT2D eigenvalue weighted by Crippen LogP contribution is 2.35. The molecule has 1 aromatic carbocycles. The van der Waals surface area contributed by atoms with Crippen LogP contribution in [-0.4, -0.2) is 30.2 Å². The average molecular weight is 291 g/mol. The van der Waals surface area contributed by atoms with Crippen LogP contribution < -0.4 is 10.2 Å². The fourth-order valence-electron chi connectivity index (χ4n) is 3.55. The number of rotatable bonds is 2. The first kappa shape index (κ1) is 12.5. The van der Waals surface area contributed by atoms with Crippen LogP contribution in [0.1, 0.15) is 25.7 Å². The highest BCUT2D eigenvalue weighted by atomic mass is 32.1. The second kappa shape index (κ2) is 4.67. The Morgan fingerprint density at radius 3 is 2.75 bits per heavy atom. The predicted molar refractivity (Wildman–Crippen MR) is 80.9 cm³/mol. The summed E-state index contributed by atoms with van der Waals surface area (Å²) in [6.07, 6.45) is 4.93. The fourth-order valence-corrected chi connectivity index (χ4v) is 4.57. The molecule has 0 saturated carbocycles. The molecule has 106 valence electrons. The number of nitrogens with one attached hydrogen (secondary N) is 1. The van der Waals surface area contributed by atoms with Crippen molar-refractivity contribution >= 4 is 26.7 Å². The molecule has 2 atom stereocenters. The number of aromatic nitrogens is 1. The van der Waals surface area contributed by atoms with Crippen molar-refractivity contribution in [2.75, 3.05) is 11.9 Å². The van der Waals surface area contributed by atoms with Crippen molar-refractivity contribution in [3.05, 3.63) is 24.0 Å². The highest BCUT2D eigenvalue weighted by Gasteiger charge is 2.35. The number of nitrogens with zero attached hydrogens (tertiary/aromatic N) is 2. The molecule has 0 aliphatic carbocycles. The molecule has 2 saturated heterocycles. The molecule has 1 N–H and O–H groups in total. The first-order valence-corrected chi connectivity index (χ1v) is 8.06. The SMILES string of the molecule is CN(c1nc2c(F)cccc2s1)C1CC2CCC(C1)N2. The van der Waals surface area contributed by atoms with Crippen molar-refractivity contribution in [3.8, 4) is 0 Å².